The van der Waals surface area contributed by atoms with Gasteiger partial charge < -0.3 is 4.74 Å². The summed E-state index contributed by atoms with van der Waals surface area (Å²) in [5.41, 5.74) is 2.23. The first-order valence-corrected chi connectivity index (χ1v) is 9.60. The van der Waals surface area contributed by atoms with Gasteiger partial charge in [-0.3, -0.25) is 4.79 Å². The van der Waals surface area contributed by atoms with E-state index in [2.05, 4.69) is 4.99 Å². The Kier molecular flexibility index (Phi) is 5.66. The first kappa shape index (κ1) is 17.1. The number of thioether (sulfide) groups is 2. The van der Waals surface area contributed by atoms with Crippen LogP contribution < -0.4 is 4.74 Å². The fourth-order valence-electron chi connectivity index (χ4n) is 2.12. The highest BCUT2D eigenvalue weighted by Crippen LogP contribution is 2.32. The zero-order valence-corrected chi connectivity index (χ0v) is 15.3. The molecule has 0 aromatic heterocycles. The van der Waals surface area contributed by atoms with Crippen LogP contribution in [-0.4, -0.2) is 15.7 Å². The van der Waals surface area contributed by atoms with Gasteiger partial charge in [0.1, 0.15) is 22.4 Å². The maximum absolute atomic E-state index is 12.0. The Morgan fingerprint density at radius 2 is 2.04 bits per heavy atom. The number of carbonyl (C=O) groups excluding carboxylic acids is 1. The van der Waals surface area contributed by atoms with Gasteiger partial charge in [0.25, 0.3) is 0 Å². The van der Waals surface area contributed by atoms with Crippen LogP contribution in [-0.2, 0) is 11.4 Å². The Morgan fingerprint density at radius 3 is 2.75 bits per heavy atom. The number of ether oxygens (including phenoxy) is 1. The van der Waals surface area contributed by atoms with Crippen LogP contribution in [0, 0.1) is 0 Å². The van der Waals surface area contributed by atoms with Crippen LogP contribution >= 0.6 is 35.1 Å². The van der Waals surface area contributed by atoms with Crippen molar-refractivity contribution in [2.45, 2.75) is 6.61 Å². The molecular weight excluding hydrogens is 362 g/mol. The van der Waals surface area contributed by atoms with E-state index >= 15 is 0 Å². The Hall–Kier alpha value is -1.69. The molecule has 0 saturated heterocycles. The SMILES string of the molecule is CSC1=N/C(=C\c2cc(Cl)ccc2OCc2ccccc2)C(=O)S1. The summed E-state index contributed by atoms with van der Waals surface area (Å²) in [5, 5.41) is 0.523. The summed E-state index contributed by atoms with van der Waals surface area (Å²) in [6.07, 6.45) is 3.63. The second-order valence-electron chi connectivity index (χ2n) is 4.96. The normalized spacial score (nSPS) is 15.7. The van der Waals surface area contributed by atoms with Gasteiger partial charge in [0, 0.05) is 10.6 Å². The molecule has 0 unspecified atom stereocenters. The van der Waals surface area contributed by atoms with Gasteiger partial charge in [0.2, 0.25) is 5.12 Å². The second kappa shape index (κ2) is 7.92. The predicted octanol–water partition coefficient (Wildman–Crippen LogP) is 5.25. The van der Waals surface area contributed by atoms with E-state index in [1.165, 1.54) is 11.8 Å². The summed E-state index contributed by atoms with van der Waals surface area (Å²) < 4.78 is 6.65. The number of benzene rings is 2. The van der Waals surface area contributed by atoms with Crippen molar-refractivity contribution in [3.8, 4) is 5.75 Å². The maximum atomic E-state index is 12.0. The number of halogens is 1. The van der Waals surface area contributed by atoms with Crippen molar-refractivity contribution >= 4 is 50.7 Å². The minimum absolute atomic E-state index is 0.0617. The van der Waals surface area contributed by atoms with E-state index in [0.717, 1.165) is 27.3 Å². The minimum atomic E-state index is -0.0617. The molecule has 0 aliphatic carbocycles. The molecule has 122 valence electrons. The third kappa shape index (κ3) is 4.23. The molecule has 1 heterocycles. The molecule has 0 bridgehead atoms. The van der Waals surface area contributed by atoms with E-state index in [-0.39, 0.29) is 5.12 Å². The monoisotopic (exact) mass is 375 g/mol. The molecule has 1 aliphatic heterocycles. The number of aliphatic imine (C=N–C) groups is 1. The average Bonchev–Trinajstić information content (AvgIpc) is 2.95. The molecule has 0 N–H and O–H groups in total. The van der Waals surface area contributed by atoms with Crippen LogP contribution in [0.3, 0.4) is 0 Å². The third-order valence-corrected chi connectivity index (χ3v) is 5.36. The smallest absolute Gasteiger partial charge is 0.244 e. The molecule has 0 amide bonds. The summed E-state index contributed by atoms with van der Waals surface area (Å²) in [6.45, 7) is 0.445. The van der Waals surface area contributed by atoms with Crippen molar-refractivity contribution in [3.63, 3.8) is 0 Å². The Bertz CT molecular complexity index is 819. The highest BCUT2D eigenvalue weighted by atomic mass is 35.5. The lowest BCUT2D eigenvalue weighted by atomic mass is 10.1. The Balaban J connectivity index is 1.86. The molecule has 6 heteroatoms. The number of hydrogen-bond acceptors (Lipinski definition) is 5. The number of carbonyl (C=O) groups is 1. The lowest BCUT2D eigenvalue weighted by molar-refractivity contribution is -0.107. The first-order valence-electron chi connectivity index (χ1n) is 7.18. The molecule has 0 spiro atoms. The first-order chi connectivity index (χ1) is 11.7. The minimum Gasteiger partial charge on any atom is -0.488 e. The van der Waals surface area contributed by atoms with Crippen LogP contribution in [0.2, 0.25) is 5.02 Å². The molecule has 0 atom stereocenters. The zero-order chi connectivity index (χ0) is 16.9. The van der Waals surface area contributed by atoms with Gasteiger partial charge in [0.05, 0.1) is 0 Å². The molecular formula is C18H14ClNO2S2. The summed E-state index contributed by atoms with van der Waals surface area (Å²) in [7, 11) is 0. The number of nitrogens with zero attached hydrogens (tertiary/aromatic N) is 1. The number of rotatable bonds is 4. The molecule has 0 fully saturated rings. The Morgan fingerprint density at radius 1 is 1.25 bits per heavy atom. The van der Waals surface area contributed by atoms with E-state index in [9.17, 15) is 4.79 Å². The molecule has 0 radical (unpaired) electrons. The van der Waals surface area contributed by atoms with Crippen molar-refractivity contribution < 1.29 is 9.53 Å². The van der Waals surface area contributed by atoms with Crippen molar-refractivity contribution in [1.82, 2.24) is 0 Å². The lowest BCUT2D eigenvalue weighted by Gasteiger charge is -2.10. The van der Waals surface area contributed by atoms with Crippen LogP contribution in [0.4, 0.5) is 0 Å². The quantitative estimate of drug-likeness (QED) is 0.684. The molecule has 2 aromatic carbocycles. The predicted molar refractivity (Wildman–Crippen MR) is 104 cm³/mol. The fourth-order valence-corrected chi connectivity index (χ4v) is 3.57. The molecule has 3 nitrogen and oxygen atoms in total. The van der Waals surface area contributed by atoms with Crippen molar-refractivity contribution in [1.29, 1.82) is 0 Å². The highest BCUT2D eigenvalue weighted by Gasteiger charge is 2.22. The Labute approximate surface area is 154 Å². The van der Waals surface area contributed by atoms with Crippen LogP contribution in [0.25, 0.3) is 6.08 Å². The molecule has 1 aliphatic rings. The van der Waals surface area contributed by atoms with E-state index in [0.29, 0.717) is 23.1 Å². The fraction of sp³-hybridized carbons (Fsp3) is 0.111. The van der Waals surface area contributed by atoms with Crippen LogP contribution in [0.5, 0.6) is 5.75 Å². The van der Waals surface area contributed by atoms with E-state index in [1.54, 1.807) is 18.2 Å². The van der Waals surface area contributed by atoms with Gasteiger partial charge >= 0.3 is 0 Å². The van der Waals surface area contributed by atoms with Gasteiger partial charge in [0.15, 0.2) is 0 Å². The molecule has 2 aromatic rings. The molecule has 0 saturated carbocycles. The summed E-state index contributed by atoms with van der Waals surface area (Å²) in [6, 6.07) is 15.3. The van der Waals surface area contributed by atoms with Gasteiger partial charge in [-0.2, -0.15) is 0 Å². The molecule has 24 heavy (non-hydrogen) atoms. The van der Waals surface area contributed by atoms with E-state index < -0.39 is 0 Å². The van der Waals surface area contributed by atoms with Gasteiger partial charge in [-0.05, 0) is 47.9 Å². The standard InChI is InChI=1S/C18H14ClNO2S2/c1-23-18-20-15(17(21)24-18)10-13-9-14(19)7-8-16(13)22-11-12-5-3-2-4-6-12/h2-10H,11H2,1H3/b15-10-. The van der Waals surface area contributed by atoms with Crippen molar-refractivity contribution in [2.75, 3.05) is 6.26 Å². The van der Waals surface area contributed by atoms with Crippen LogP contribution in [0.1, 0.15) is 11.1 Å². The maximum Gasteiger partial charge on any atom is 0.244 e. The second-order valence-corrected chi connectivity index (χ2v) is 7.41. The topological polar surface area (TPSA) is 38.7 Å². The summed E-state index contributed by atoms with van der Waals surface area (Å²) >= 11 is 8.70. The van der Waals surface area contributed by atoms with Gasteiger partial charge in [-0.1, -0.05) is 41.9 Å². The molecule has 3 rings (SSSR count). The largest absolute Gasteiger partial charge is 0.488 e. The van der Waals surface area contributed by atoms with Crippen molar-refractivity contribution in [3.05, 3.63) is 70.4 Å². The zero-order valence-electron chi connectivity index (χ0n) is 12.9. The number of hydrogen-bond donors (Lipinski definition) is 0. The van der Waals surface area contributed by atoms with E-state index in [1.807, 2.05) is 42.7 Å². The average molecular weight is 376 g/mol. The van der Waals surface area contributed by atoms with Crippen molar-refractivity contribution in [2.24, 2.45) is 4.99 Å². The van der Waals surface area contributed by atoms with Gasteiger partial charge in [-0.25, -0.2) is 4.99 Å². The summed E-state index contributed by atoms with van der Waals surface area (Å²) in [5.74, 6) is 0.668. The highest BCUT2D eigenvalue weighted by molar-refractivity contribution is 8.45. The van der Waals surface area contributed by atoms with Gasteiger partial charge in [-0.15, -0.1) is 11.8 Å². The summed E-state index contributed by atoms with van der Waals surface area (Å²) in [4.78, 5) is 16.3. The van der Waals surface area contributed by atoms with Crippen LogP contribution in [0.15, 0.2) is 59.2 Å². The lowest BCUT2D eigenvalue weighted by Crippen LogP contribution is -1.97. The van der Waals surface area contributed by atoms with E-state index in [4.69, 9.17) is 16.3 Å². The third-order valence-electron chi connectivity index (χ3n) is 3.28.